The number of allylic oxidation sites excluding steroid dienone is 1. The molecule has 0 aliphatic carbocycles. The van der Waals surface area contributed by atoms with Crippen molar-refractivity contribution in [2.75, 3.05) is 0 Å². The first kappa shape index (κ1) is 9.52. The van der Waals surface area contributed by atoms with Crippen LogP contribution in [0.5, 0.6) is 0 Å². The first-order chi connectivity index (χ1) is 6.15. The summed E-state index contributed by atoms with van der Waals surface area (Å²) in [6, 6.07) is 6.72. The van der Waals surface area contributed by atoms with Crippen LogP contribution in [0.4, 0.5) is 0 Å². The molecule has 0 fully saturated rings. The van der Waals surface area contributed by atoms with E-state index in [-0.39, 0.29) is 11.5 Å². The van der Waals surface area contributed by atoms with Gasteiger partial charge in [0.2, 0.25) is 0 Å². The van der Waals surface area contributed by atoms with E-state index in [9.17, 15) is 4.79 Å². The van der Waals surface area contributed by atoms with Gasteiger partial charge in [0.15, 0.2) is 0 Å². The van der Waals surface area contributed by atoms with Crippen molar-refractivity contribution < 1.29 is 9.90 Å². The number of rotatable bonds is 3. The maximum Gasteiger partial charge on any atom is 0.335 e. The molecular formula is C11H11O2. The summed E-state index contributed by atoms with van der Waals surface area (Å²) in [5, 5.41) is 8.72. The van der Waals surface area contributed by atoms with E-state index in [4.69, 9.17) is 5.11 Å². The summed E-state index contributed by atoms with van der Waals surface area (Å²) in [7, 11) is 0. The van der Waals surface area contributed by atoms with Crippen LogP contribution >= 0.6 is 0 Å². The van der Waals surface area contributed by atoms with E-state index in [1.54, 1.807) is 24.3 Å². The Kier molecular flexibility index (Phi) is 2.85. The van der Waals surface area contributed by atoms with Gasteiger partial charge in [0.05, 0.1) is 5.56 Å². The van der Waals surface area contributed by atoms with E-state index >= 15 is 0 Å². The summed E-state index contributed by atoms with van der Waals surface area (Å²) in [6.45, 7) is 7.42. The van der Waals surface area contributed by atoms with E-state index in [1.165, 1.54) is 0 Å². The van der Waals surface area contributed by atoms with Crippen LogP contribution in [0.3, 0.4) is 0 Å². The van der Waals surface area contributed by atoms with Gasteiger partial charge in [0.1, 0.15) is 0 Å². The normalized spacial score (nSPS) is 12.1. The lowest BCUT2D eigenvalue weighted by atomic mass is 9.99. The van der Waals surface area contributed by atoms with Gasteiger partial charge in [-0.1, -0.05) is 18.2 Å². The summed E-state index contributed by atoms with van der Waals surface area (Å²) < 4.78 is 0. The molecule has 0 amide bonds. The fraction of sp³-hybridized carbons (Fsp3) is 0.0909. The molecular weight excluding hydrogens is 164 g/mol. The molecule has 1 atom stereocenters. The minimum Gasteiger partial charge on any atom is -0.478 e. The average molecular weight is 175 g/mol. The topological polar surface area (TPSA) is 37.3 Å². The fourth-order valence-electron chi connectivity index (χ4n) is 1.04. The molecule has 1 aromatic carbocycles. The Morgan fingerprint density at radius 2 is 2.23 bits per heavy atom. The fourth-order valence-corrected chi connectivity index (χ4v) is 1.04. The molecule has 0 aliphatic heterocycles. The zero-order chi connectivity index (χ0) is 9.84. The molecule has 2 nitrogen and oxygen atoms in total. The Bertz CT molecular complexity index is 329. The van der Waals surface area contributed by atoms with E-state index in [1.807, 2.05) is 6.07 Å². The summed E-state index contributed by atoms with van der Waals surface area (Å²) >= 11 is 0. The van der Waals surface area contributed by atoms with Gasteiger partial charge in [-0.05, 0) is 24.6 Å². The quantitative estimate of drug-likeness (QED) is 0.716. The lowest BCUT2D eigenvalue weighted by Gasteiger charge is -2.06. The molecule has 1 rings (SSSR count). The lowest BCUT2D eigenvalue weighted by molar-refractivity contribution is 0.0697. The number of aromatic carboxylic acids is 1. The second-order valence-electron chi connectivity index (χ2n) is 2.77. The molecule has 13 heavy (non-hydrogen) atoms. The SMILES string of the molecule is [CH2]C(C=C)c1cccc(C(=O)O)c1. The van der Waals surface area contributed by atoms with Gasteiger partial charge >= 0.3 is 5.97 Å². The van der Waals surface area contributed by atoms with E-state index in [2.05, 4.69) is 13.5 Å². The largest absolute Gasteiger partial charge is 0.478 e. The Hall–Kier alpha value is -1.57. The third-order valence-electron chi connectivity index (χ3n) is 1.85. The van der Waals surface area contributed by atoms with Gasteiger partial charge in [0, 0.05) is 5.92 Å². The Labute approximate surface area is 77.5 Å². The number of carboxylic acids is 1. The molecule has 1 radical (unpaired) electrons. The predicted octanol–water partition coefficient (Wildman–Crippen LogP) is 2.49. The van der Waals surface area contributed by atoms with Crippen LogP contribution < -0.4 is 0 Å². The summed E-state index contributed by atoms with van der Waals surface area (Å²) in [4.78, 5) is 10.6. The molecule has 1 aromatic rings. The van der Waals surface area contributed by atoms with Crippen molar-refractivity contribution in [3.8, 4) is 0 Å². The first-order valence-corrected chi connectivity index (χ1v) is 3.94. The van der Waals surface area contributed by atoms with E-state index in [0.29, 0.717) is 0 Å². The van der Waals surface area contributed by atoms with Gasteiger partial charge in [-0.3, -0.25) is 0 Å². The highest BCUT2D eigenvalue weighted by Gasteiger charge is 2.05. The zero-order valence-corrected chi connectivity index (χ0v) is 7.23. The molecule has 67 valence electrons. The summed E-state index contributed by atoms with van der Waals surface area (Å²) in [5.41, 5.74) is 1.16. The standard InChI is InChI=1S/C11H11O2/c1-3-8(2)9-5-4-6-10(7-9)11(12)13/h3-8H,1-2H2,(H,12,13). The molecule has 0 heterocycles. The van der Waals surface area contributed by atoms with Crippen LogP contribution in [0.2, 0.25) is 0 Å². The molecule has 0 spiro atoms. The van der Waals surface area contributed by atoms with Crippen LogP contribution in [-0.4, -0.2) is 11.1 Å². The highest BCUT2D eigenvalue weighted by molar-refractivity contribution is 5.87. The smallest absolute Gasteiger partial charge is 0.335 e. The van der Waals surface area contributed by atoms with Crippen LogP contribution in [0.15, 0.2) is 36.9 Å². The predicted molar refractivity (Wildman–Crippen MR) is 51.7 cm³/mol. The van der Waals surface area contributed by atoms with E-state index in [0.717, 1.165) is 5.56 Å². The third-order valence-corrected chi connectivity index (χ3v) is 1.85. The summed E-state index contributed by atoms with van der Waals surface area (Å²) in [5.74, 6) is -0.975. The highest BCUT2D eigenvalue weighted by atomic mass is 16.4. The van der Waals surface area contributed by atoms with Crippen LogP contribution in [0, 0.1) is 6.92 Å². The van der Waals surface area contributed by atoms with Crippen molar-refractivity contribution in [3.63, 3.8) is 0 Å². The molecule has 1 N–H and O–H groups in total. The lowest BCUT2D eigenvalue weighted by Crippen LogP contribution is -1.98. The monoisotopic (exact) mass is 175 g/mol. The van der Waals surface area contributed by atoms with Gasteiger partial charge in [-0.2, -0.15) is 0 Å². The van der Waals surface area contributed by atoms with Gasteiger partial charge in [-0.15, -0.1) is 6.58 Å². The second kappa shape index (κ2) is 3.90. The minimum absolute atomic E-state index is 0.0562. The second-order valence-corrected chi connectivity index (χ2v) is 2.77. The summed E-state index contributed by atoms with van der Waals surface area (Å²) in [6.07, 6.45) is 1.68. The average Bonchev–Trinajstić information content (AvgIpc) is 2.17. The van der Waals surface area contributed by atoms with Crippen molar-refractivity contribution in [2.45, 2.75) is 5.92 Å². The molecule has 0 aromatic heterocycles. The number of hydrogen-bond donors (Lipinski definition) is 1. The number of hydrogen-bond acceptors (Lipinski definition) is 1. The first-order valence-electron chi connectivity index (χ1n) is 3.94. The van der Waals surface area contributed by atoms with Crippen LogP contribution in [0.25, 0.3) is 0 Å². The molecule has 0 saturated heterocycles. The Morgan fingerprint density at radius 1 is 1.54 bits per heavy atom. The van der Waals surface area contributed by atoms with E-state index < -0.39 is 5.97 Å². The van der Waals surface area contributed by atoms with Crippen molar-refractivity contribution in [3.05, 3.63) is 55.0 Å². The number of benzene rings is 1. The zero-order valence-electron chi connectivity index (χ0n) is 7.23. The maximum absolute atomic E-state index is 10.6. The van der Waals surface area contributed by atoms with Crippen molar-refractivity contribution in [1.82, 2.24) is 0 Å². The molecule has 0 aliphatic rings. The molecule has 1 unspecified atom stereocenters. The van der Waals surface area contributed by atoms with Crippen molar-refractivity contribution >= 4 is 5.97 Å². The Balaban J connectivity index is 3.04. The van der Waals surface area contributed by atoms with Crippen molar-refractivity contribution in [2.24, 2.45) is 0 Å². The molecule has 0 bridgehead atoms. The molecule has 0 saturated carbocycles. The number of carbonyl (C=O) groups is 1. The van der Waals surface area contributed by atoms with Crippen molar-refractivity contribution in [1.29, 1.82) is 0 Å². The molecule has 2 heteroatoms. The van der Waals surface area contributed by atoms with Crippen LogP contribution in [0.1, 0.15) is 21.8 Å². The van der Waals surface area contributed by atoms with Gasteiger partial charge in [-0.25, -0.2) is 4.79 Å². The highest BCUT2D eigenvalue weighted by Crippen LogP contribution is 2.16. The maximum atomic E-state index is 10.6. The van der Waals surface area contributed by atoms with Crippen LogP contribution in [-0.2, 0) is 0 Å². The number of carboxylic acid groups (broad SMARTS) is 1. The third kappa shape index (κ3) is 2.18. The minimum atomic E-state index is -0.918. The van der Waals surface area contributed by atoms with Gasteiger partial charge in [0.25, 0.3) is 0 Å². The Morgan fingerprint density at radius 3 is 2.77 bits per heavy atom. The van der Waals surface area contributed by atoms with Gasteiger partial charge < -0.3 is 5.11 Å².